The summed E-state index contributed by atoms with van der Waals surface area (Å²) >= 11 is 0. The molecule has 0 fully saturated rings. The van der Waals surface area contributed by atoms with Crippen LogP contribution < -0.4 is 0 Å². The van der Waals surface area contributed by atoms with E-state index >= 15 is 0 Å². The van der Waals surface area contributed by atoms with E-state index in [0.29, 0.717) is 11.5 Å². The molecule has 1 unspecified atom stereocenters. The van der Waals surface area contributed by atoms with Gasteiger partial charge in [-0.15, -0.1) is 0 Å². The zero-order valence-electron chi connectivity index (χ0n) is 8.66. The Morgan fingerprint density at radius 3 is 2.08 bits per heavy atom. The molecule has 0 aromatic carbocycles. The summed E-state index contributed by atoms with van der Waals surface area (Å²) in [6.07, 6.45) is 0.340. The molecule has 3 heteroatoms. The number of ether oxygens (including phenoxy) is 1. The van der Waals surface area contributed by atoms with Crippen molar-refractivity contribution in [2.75, 3.05) is 5.75 Å². The first-order valence-corrected chi connectivity index (χ1v) is 6.84. The molecule has 0 amide bonds. The van der Waals surface area contributed by atoms with E-state index < -0.39 is 0 Å². The molecule has 12 heavy (non-hydrogen) atoms. The fourth-order valence-electron chi connectivity index (χ4n) is 0.677. The van der Waals surface area contributed by atoms with E-state index in [9.17, 15) is 0 Å². The van der Waals surface area contributed by atoms with E-state index in [1.54, 1.807) is 0 Å². The minimum absolute atomic E-state index is 0.314. The quantitative estimate of drug-likeness (QED) is 0.485. The van der Waals surface area contributed by atoms with Crippen LogP contribution in [-0.4, -0.2) is 17.3 Å². The second-order valence-electron chi connectivity index (χ2n) is 3.53. The van der Waals surface area contributed by atoms with Gasteiger partial charge in [-0.05, 0) is 26.7 Å². The second kappa shape index (κ2) is 7.10. The molecule has 1 atom stereocenters. The first kappa shape index (κ1) is 12.7. The lowest BCUT2D eigenvalue weighted by atomic mass is 10.3. The lowest BCUT2D eigenvalue weighted by molar-refractivity contribution is 0.0699. The highest BCUT2D eigenvalue weighted by Crippen LogP contribution is 2.29. The van der Waals surface area contributed by atoms with Crippen LogP contribution in [0.25, 0.3) is 0 Å². The summed E-state index contributed by atoms with van der Waals surface area (Å²) in [4.78, 5) is 0. The van der Waals surface area contributed by atoms with E-state index in [1.165, 1.54) is 5.75 Å². The maximum absolute atomic E-state index is 5.57. The maximum atomic E-state index is 5.57. The second-order valence-corrected chi connectivity index (χ2v) is 6.24. The smallest absolute Gasteiger partial charge is 0.110 e. The van der Waals surface area contributed by atoms with E-state index in [4.69, 9.17) is 4.74 Å². The van der Waals surface area contributed by atoms with Gasteiger partial charge >= 0.3 is 0 Å². The average Bonchev–Trinajstić information content (AvgIpc) is 1.84. The van der Waals surface area contributed by atoms with Crippen LogP contribution >= 0.6 is 21.6 Å². The van der Waals surface area contributed by atoms with Gasteiger partial charge < -0.3 is 4.74 Å². The third-order valence-electron chi connectivity index (χ3n) is 1.07. The zero-order chi connectivity index (χ0) is 9.56. The fraction of sp³-hybridized carbons (Fsp3) is 1.00. The van der Waals surface area contributed by atoms with Gasteiger partial charge in [0.15, 0.2) is 0 Å². The molecular weight excluding hydrogens is 188 g/mol. The topological polar surface area (TPSA) is 9.23 Å². The lowest BCUT2D eigenvalue weighted by Crippen LogP contribution is -2.09. The molecule has 0 radical (unpaired) electrons. The van der Waals surface area contributed by atoms with Gasteiger partial charge in [-0.1, -0.05) is 35.4 Å². The van der Waals surface area contributed by atoms with Crippen molar-refractivity contribution in [1.82, 2.24) is 0 Å². The molecule has 0 aromatic rings. The number of hydrogen-bond acceptors (Lipinski definition) is 3. The Bertz CT molecular complexity index is 105. The van der Waals surface area contributed by atoms with E-state index in [-0.39, 0.29) is 0 Å². The van der Waals surface area contributed by atoms with Gasteiger partial charge in [-0.2, -0.15) is 0 Å². The summed E-state index contributed by atoms with van der Waals surface area (Å²) in [6, 6.07) is 0. The van der Waals surface area contributed by atoms with Gasteiger partial charge in [0, 0.05) is 5.75 Å². The van der Waals surface area contributed by atoms with Gasteiger partial charge in [-0.25, -0.2) is 0 Å². The summed E-state index contributed by atoms with van der Waals surface area (Å²) in [5, 5.41) is 0. The van der Waals surface area contributed by atoms with E-state index in [1.807, 2.05) is 21.6 Å². The molecule has 74 valence electrons. The van der Waals surface area contributed by atoms with Crippen LogP contribution in [0.2, 0.25) is 0 Å². The third-order valence-corrected chi connectivity index (χ3v) is 4.02. The molecule has 0 aliphatic carbocycles. The molecule has 0 bridgehead atoms. The minimum Gasteiger partial charge on any atom is -0.364 e. The Kier molecular flexibility index (Phi) is 7.49. The van der Waals surface area contributed by atoms with Crippen molar-refractivity contribution in [2.45, 2.75) is 46.2 Å². The Morgan fingerprint density at radius 2 is 1.67 bits per heavy atom. The molecule has 1 nitrogen and oxygen atoms in total. The van der Waals surface area contributed by atoms with Crippen molar-refractivity contribution in [3.05, 3.63) is 0 Å². The predicted octanol–water partition coefficient (Wildman–Crippen LogP) is 3.79. The highest BCUT2D eigenvalue weighted by atomic mass is 33.1. The first-order chi connectivity index (χ1) is 5.52. The van der Waals surface area contributed by atoms with Crippen LogP contribution in [0.1, 0.15) is 34.6 Å². The zero-order valence-corrected chi connectivity index (χ0v) is 10.3. The summed E-state index contributed by atoms with van der Waals surface area (Å²) in [5.74, 6) is 1.98. The van der Waals surface area contributed by atoms with Crippen LogP contribution in [0.15, 0.2) is 0 Å². The average molecular weight is 208 g/mol. The highest BCUT2D eigenvalue weighted by molar-refractivity contribution is 8.76. The number of rotatable bonds is 6. The van der Waals surface area contributed by atoms with Crippen LogP contribution in [0.5, 0.6) is 0 Å². The van der Waals surface area contributed by atoms with Gasteiger partial charge in [0.1, 0.15) is 5.44 Å². The Balaban J connectivity index is 3.25. The molecule has 0 saturated heterocycles. The Labute approximate surface area is 84.4 Å². The van der Waals surface area contributed by atoms with Crippen molar-refractivity contribution < 1.29 is 4.74 Å². The first-order valence-electron chi connectivity index (χ1n) is 4.46. The van der Waals surface area contributed by atoms with Crippen molar-refractivity contribution in [1.29, 1.82) is 0 Å². The summed E-state index contributed by atoms with van der Waals surface area (Å²) < 4.78 is 5.57. The van der Waals surface area contributed by atoms with Gasteiger partial charge in [0.05, 0.1) is 6.10 Å². The molecule has 0 heterocycles. The van der Waals surface area contributed by atoms with Gasteiger partial charge in [0.25, 0.3) is 0 Å². The molecule has 0 spiro atoms. The fourth-order valence-corrected chi connectivity index (χ4v) is 3.25. The van der Waals surface area contributed by atoms with Crippen LogP contribution in [-0.2, 0) is 4.74 Å². The SMILES string of the molecule is CC(C)CSSC(C)OC(C)C. The van der Waals surface area contributed by atoms with Crippen LogP contribution in [0.3, 0.4) is 0 Å². The number of hydrogen-bond donors (Lipinski definition) is 0. The summed E-state index contributed by atoms with van der Waals surface area (Å²) in [6.45, 7) is 10.7. The monoisotopic (exact) mass is 208 g/mol. The molecule has 0 aliphatic heterocycles. The van der Waals surface area contributed by atoms with Gasteiger partial charge in [-0.3, -0.25) is 0 Å². The highest BCUT2D eigenvalue weighted by Gasteiger charge is 2.05. The molecule has 0 saturated carbocycles. The normalized spacial score (nSPS) is 14.2. The Morgan fingerprint density at radius 1 is 1.08 bits per heavy atom. The standard InChI is InChI=1S/C9H20OS2/c1-7(2)6-11-12-9(5)10-8(3)4/h7-9H,6H2,1-5H3. The third kappa shape index (κ3) is 8.75. The summed E-state index contributed by atoms with van der Waals surface area (Å²) in [7, 11) is 3.73. The molecular formula is C9H20OS2. The predicted molar refractivity (Wildman–Crippen MR) is 60.6 cm³/mol. The molecule has 0 rings (SSSR count). The van der Waals surface area contributed by atoms with E-state index in [2.05, 4.69) is 34.6 Å². The van der Waals surface area contributed by atoms with Crippen molar-refractivity contribution in [3.8, 4) is 0 Å². The van der Waals surface area contributed by atoms with Crippen LogP contribution in [0, 0.1) is 5.92 Å². The van der Waals surface area contributed by atoms with Crippen molar-refractivity contribution in [2.24, 2.45) is 5.92 Å². The van der Waals surface area contributed by atoms with E-state index in [0.717, 1.165) is 5.92 Å². The maximum Gasteiger partial charge on any atom is 0.110 e. The summed E-state index contributed by atoms with van der Waals surface area (Å²) in [5.41, 5.74) is 0.314. The van der Waals surface area contributed by atoms with Crippen molar-refractivity contribution in [3.63, 3.8) is 0 Å². The molecule has 0 aromatic heterocycles. The minimum atomic E-state index is 0.314. The Hall–Kier alpha value is 0.660. The molecule has 0 aliphatic rings. The van der Waals surface area contributed by atoms with Gasteiger partial charge in [0.2, 0.25) is 0 Å². The largest absolute Gasteiger partial charge is 0.364 e. The van der Waals surface area contributed by atoms with Crippen LogP contribution in [0.4, 0.5) is 0 Å². The lowest BCUT2D eigenvalue weighted by Gasteiger charge is -2.15. The molecule has 0 N–H and O–H groups in total. The van der Waals surface area contributed by atoms with Crippen molar-refractivity contribution >= 4 is 21.6 Å².